The Morgan fingerprint density at radius 2 is 0.920 bits per heavy atom. The van der Waals surface area contributed by atoms with E-state index in [0.717, 1.165) is 55.4 Å². The van der Waals surface area contributed by atoms with Gasteiger partial charge in [0, 0.05) is 0 Å². The molecular formula is C42H49O7P. The van der Waals surface area contributed by atoms with Gasteiger partial charge in [0.1, 0.15) is 0 Å². The molecule has 264 valence electrons. The average Bonchev–Trinajstić information content (AvgIpc) is 3.09. The van der Waals surface area contributed by atoms with Gasteiger partial charge in [0.15, 0.2) is 0 Å². The zero-order chi connectivity index (χ0) is 35.9. The van der Waals surface area contributed by atoms with Crippen molar-refractivity contribution >= 4 is 12.1 Å². The summed E-state index contributed by atoms with van der Waals surface area (Å²) >= 11 is 0. The molecule has 0 unspecified atom stereocenters. The number of hydrogen-bond donors (Lipinski definition) is 3. The van der Waals surface area contributed by atoms with Crippen LogP contribution in [0.5, 0.6) is 23.0 Å². The van der Waals surface area contributed by atoms with Gasteiger partial charge in [-0.2, -0.15) is 0 Å². The van der Waals surface area contributed by atoms with Crippen molar-refractivity contribution in [3.05, 3.63) is 147 Å². The van der Waals surface area contributed by atoms with Crippen molar-refractivity contribution in [3.8, 4) is 23.0 Å². The maximum atomic E-state index is 11.8. The van der Waals surface area contributed by atoms with Gasteiger partial charge in [-0.25, -0.2) is 0 Å². The Balaban J connectivity index is 1.71. The number of hydrogen-bond acceptors (Lipinski definition) is 7. The molecule has 0 radical (unpaired) electrons. The minimum absolute atomic E-state index is 0.176. The topological polar surface area (TPSA) is 97.6 Å². The molecule has 0 saturated carbocycles. The third kappa shape index (κ3) is 7.82. The Bertz CT molecular complexity index is 1920. The summed E-state index contributed by atoms with van der Waals surface area (Å²) in [6, 6.07) is 31.1. The number of aryl methyl sites for hydroxylation is 3. The van der Waals surface area contributed by atoms with Crippen molar-refractivity contribution < 1.29 is 34.1 Å². The Morgan fingerprint density at radius 1 is 0.480 bits per heavy atom. The first kappa shape index (κ1) is 36.9. The third-order valence-corrected chi connectivity index (χ3v) is 14.1. The Kier molecular flexibility index (Phi) is 11.5. The molecule has 0 aromatic heterocycles. The van der Waals surface area contributed by atoms with Crippen LogP contribution in [0, 0.1) is 20.8 Å². The van der Waals surface area contributed by atoms with Gasteiger partial charge >= 0.3 is 297 Å². The molecule has 0 atom stereocenters. The fourth-order valence-corrected chi connectivity index (χ4v) is 11.3. The first-order chi connectivity index (χ1) is 24.0. The second-order valence-electron chi connectivity index (χ2n) is 13.4. The molecule has 0 aliphatic heterocycles. The van der Waals surface area contributed by atoms with Gasteiger partial charge in [0.25, 0.3) is 0 Å². The van der Waals surface area contributed by atoms with Gasteiger partial charge in [-0.1, -0.05) is 0 Å². The molecule has 0 saturated heterocycles. The van der Waals surface area contributed by atoms with Crippen molar-refractivity contribution in [2.75, 3.05) is 40.4 Å². The number of phenolic OH excluding ortho intramolecular Hbond substituents is 3. The number of phenols is 3. The van der Waals surface area contributed by atoms with Gasteiger partial charge in [0.2, 0.25) is 0 Å². The molecule has 5 aromatic rings. The molecular weight excluding hydrogens is 647 g/mol. The number of benzene rings is 5. The summed E-state index contributed by atoms with van der Waals surface area (Å²) in [4.78, 5) is 0. The molecule has 0 fully saturated rings. The molecule has 5 aromatic carbocycles. The Labute approximate surface area is 296 Å². The number of methoxy groups -OCH3 is 3. The van der Waals surface area contributed by atoms with E-state index in [1.54, 1.807) is 33.5 Å². The van der Waals surface area contributed by atoms with Crippen LogP contribution in [-0.2, 0) is 33.5 Å². The summed E-state index contributed by atoms with van der Waals surface area (Å²) in [6.45, 7) is 2.27. The first-order valence-corrected chi connectivity index (χ1v) is 19.4. The third-order valence-electron chi connectivity index (χ3n) is 9.23. The number of aromatic hydroxyl groups is 3. The fraction of sp³-hybridized carbons (Fsp3) is 0.286. The SMILES string of the molecule is COCP(COC)(COC)(Oc1c(Cc2cc(C)ccc2O)cccc1Cc1cc(C)cc(Cc2cc(C)ccc2O)c1O)c1ccccc1. The molecule has 7 nitrogen and oxygen atoms in total. The second kappa shape index (κ2) is 15.7. The van der Waals surface area contributed by atoms with Crippen LogP contribution >= 0.6 is 6.83 Å². The summed E-state index contributed by atoms with van der Waals surface area (Å²) in [7, 11) is 4.98. The van der Waals surface area contributed by atoms with Crippen LogP contribution in [0.25, 0.3) is 0 Å². The molecule has 0 amide bonds. The van der Waals surface area contributed by atoms with E-state index < -0.39 is 6.83 Å². The van der Waals surface area contributed by atoms with Crippen molar-refractivity contribution in [2.45, 2.75) is 40.0 Å². The monoisotopic (exact) mass is 696 g/mol. The Morgan fingerprint density at radius 3 is 1.40 bits per heavy atom. The van der Waals surface area contributed by atoms with E-state index >= 15 is 0 Å². The molecule has 3 N–H and O–H groups in total. The number of para-hydroxylation sites is 1. The predicted molar refractivity (Wildman–Crippen MR) is 203 cm³/mol. The van der Waals surface area contributed by atoms with Crippen LogP contribution in [0.15, 0.2) is 97.1 Å². The molecule has 5 rings (SSSR count). The summed E-state index contributed by atoms with van der Waals surface area (Å²) in [5, 5.41) is 34.2. The number of rotatable bonds is 15. The maximum absolute atomic E-state index is 11.8. The van der Waals surface area contributed by atoms with Crippen molar-refractivity contribution in [1.82, 2.24) is 0 Å². The van der Waals surface area contributed by atoms with Crippen LogP contribution in [0.4, 0.5) is 0 Å². The van der Waals surface area contributed by atoms with E-state index in [9.17, 15) is 15.3 Å². The summed E-state index contributed by atoms with van der Waals surface area (Å²) < 4.78 is 25.5. The second-order valence-corrected chi connectivity index (χ2v) is 18.2. The van der Waals surface area contributed by atoms with Crippen LogP contribution in [0.1, 0.15) is 50.1 Å². The molecule has 8 heteroatoms. The summed E-state index contributed by atoms with van der Waals surface area (Å²) in [6.07, 6.45) is 1.85. The van der Waals surface area contributed by atoms with Crippen LogP contribution in [0.3, 0.4) is 0 Å². The van der Waals surface area contributed by atoms with E-state index in [-0.39, 0.29) is 36.3 Å². The fourth-order valence-electron chi connectivity index (χ4n) is 6.98. The molecule has 0 bridgehead atoms. The van der Waals surface area contributed by atoms with Crippen molar-refractivity contribution in [2.24, 2.45) is 0 Å². The average molecular weight is 697 g/mol. The molecule has 0 aliphatic carbocycles. The predicted octanol–water partition coefficient (Wildman–Crippen LogP) is 8.49. The van der Waals surface area contributed by atoms with E-state index in [4.69, 9.17) is 18.7 Å². The van der Waals surface area contributed by atoms with Crippen molar-refractivity contribution in [3.63, 3.8) is 0 Å². The van der Waals surface area contributed by atoms with Crippen molar-refractivity contribution in [1.29, 1.82) is 0 Å². The summed E-state index contributed by atoms with van der Waals surface area (Å²) in [5.41, 5.74) is 7.77. The normalized spacial score (nSPS) is 12.4. The van der Waals surface area contributed by atoms with Gasteiger partial charge in [-0.3, -0.25) is 0 Å². The van der Waals surface area contributed by atoms with E-state index in [1.807, 2.05) is 106 Å². The minimum atomic E-state index is -3.72. The van der Waals surface area contributed by atoms with Gasteiger partial charge in [-0.05, 0) is 0 Å². The van der Waals surface area contributed by atoms with Crippen LogP contribution in [-0.4, -0.2) is 55.7 Å². The number of ether oxygens (including phenoxy) is 3. The van der Waals surface area contributed by atoms with Gasteiger partial charge in [-0.15, -0.1) is 0 Å². The summed E-state index contributed by atoms with van der Waals surface area (Å²) in [5.74, 6) is 1.22. The quantitative estimate of drug-likeness (QED) is 0.0945. The zero-order valence-corrected chi connectivity index (χ0v) is 30.8. The van der Waals surface area contributed by atoms with E-state index in [0.29, 0.717) is 25.0 Å². The molecule has 0 spiro atoms. The van der Waals surface area contributed by atoms with Gasteiger partial charge in [0.05, 0.1) is 0 Å². The van der Waals surface area contributed by atoms with Gasteiger partial charge < -0.3 is 0 Å². The van der Waals surface area contributed by atoms with E-state index in [1.165, 1.54) is 0 Å². The molecule has 50 heavy (non-hydrogen) atoms. The standard InChI is InChI=1S/C42H49O7P/c1-29-15-17-39(43)34(19-29)23-32-11-10-12-33(24-36-21-31(3)22-37(41(36)45)25-35-20-30(2)16-18-40(35)44)42(32)49-50(26-46-4,27-47-5,28-48-6)38-13-8-7-9-14-38/h7-22,43-45H,23-28H2,1-6H3. The molecule has 0 heterocycles. The zero-order valence-electron chi connectivity index (χ0n) is 29.9. The first-order valence-electron chi connectivity index (χ1n) is 16.7. The Hall–Kier alpha value is -4.39. The molecule has 0 aliphatic rings. The van der Waals surface area contributed by atoms with E-state index in [2.05, 4.69) is 0 Å². The van der Waals surface area contributed by atoms with Crippen LogP contribution < -0.4 is 9.83 Å². The van der Waals surface area contributed by atoms with Crippen LogP contribution in [0.2, 0.25) is 0 Å².